The van der Waals surface area contributed by atoms with Crippen molar-refractivity contribution < 1.29 is 57.4 Å². The quantitative estimate of drug-likeness (QED) is 0.181. The van der Waals surface area contributed by atoms with Gasteiger partial charge in [-0.05, 0) is 25.9 Å². The molecule has 0 atom stereocenters. The minimum atomic E-state index is -2.87. The van der Waals surface area contributed by atoms with Crippen LogP contribution in [0, 0.1) is 0 Å². The van der Waals surface area contributed by atoms with Crippen LogP contribution < -0.4 is 11.5 Å². The minimum absolute atomic E-state index is 0.824. The van der Waals surface area contributed by atoms with Crippen molar-refractivity contribution >= 4 is 33.0 Å². The summed E-state index contributed by atoms with van der Waals surface area (Å²) in [7, 11) is -11.5. The van der Waals surface area contributed by atoms with Crippen molar-refractivity contribution in [2.75, 3.05) is 13.1 Å². The van der Waals surface area contributed by atoms with E-state index < -0.39 is 33.0 Å². The minimum Gasteiger partial charge on any atom is -0.330 e. The zero-order chi connectivity index (χ0) is 20.6. The number of nitrogens with two attached hydrogens (primary N) is 2. The van der Waals surface area contributed by atoms with Crippen LogP contribution in [0.4, 0.5) is 0 Å². The van der Waals surface area contributed by atoms with E-state index in [1.165, 1.54) is 12.8 Å². The molecule has 0 aromatic heterocycles. The van der Waals surface area contributed by atoms with Crippen LogP contribution in [0.2, 0.25) is 0 Å². The molecule has 14 nitrogen and oxygen atoms in total. The first-order chi connectivity index (χ1) is 10.8. The molecule has 0 bridgehead atoms. The summed E-state index contributed by atoms with van der Waals surface area (Å²) in [5.74, 6) is 0. The zero-order valence-corrected chi connectivity index (χ0v) is 16.0. The normalized spacial score (nSPS) is 7.58. The van der Waals surface area contributed by atoms with Crippen molar-refractivity contribution in [3.05, 3.63) is 0 Å². The highest BCUT2D eigenvalue weighted by Crippen LogP contribution is 1.99. The van der Waals surface area contributed by atoms with Gasteiger partial charge >= 0.3 is 33.0 Å². The van der Waals surface area contributed by atoms with Crippen molar-refractivity contribution in [2.45, 2.75) is 25.7 Å². The summed E-state index contributed by atoms with van der Waals surface area (Å²) in [5.41, 5.74) is 10.6. The summed E-state index contributed by atoms with van der Waals surface area (Å²) in [4.78, 5) is 57.0. The summed E-state index contributed by atoms with van der Waals surface area (Å²) in [6, 6.07) is 0. The van der Waals surface area contributed by atoms with E-state index in [2.05, 4.69) is 0 Å². The topological polar surface area (TPSA) is 282 Å². The van der Waals surface area contributed by atoms with Gasteiger partial charge in [-0.3, -0.25) is 0 Å². The van der Waals surface area contributed by atoms with Crippen molar-refractivity contribution in [3.63, 3.8) is 0 Å². The van der Waals surface area contributed by atoms with Gasteiger partial charge in [0.05, 0.1) is 0 Å². The smallest absolute Gasteiger partial charge is 0.330 e. The van der Waals surface area contributed by atoms with Gasteiger partial charge in [-0.1, -0.05) is 12.8 Å². The molecule has 0 saturated carbocycles. The Kier molecular flexibility index (Phi) is 50.3. The molecule has 0 aromatic rings. The second-order valence-corrected chi connectivity index (χ2v) is 5.02. The van der Waals surface area contributed by atoms with Gasteiger partial charge in [0.15, 0.2) is 0 Å². The molecule has 12 N–H and O–H groups in total. The van der Waals surface area contributed by atoms with Crippen LogP contribution in [0.15, 0.2) is 0 Å². The maximum absolute atomic E-state index is 8.70. The van der Waals surface area contributed by atoms with Gasteiger partial charge < -0.3 is 11.5 Å². The molecular formula is C6H24N2O12P4+4. The molecule has 0 radical (unpaired) electrons. The van der Waals surface area contributed by atoms with Gasteiger partial charge in [0.1, 0.15) is 0 Å². The lowest BCUT2D eigenvalue weighted by Gasteiger charge is -1.94. The maximum Gasteiger partial charge on any atom is 0.692 e. The van der Waals surface area contributed by atoms with E-state index in [0.717, 1.165) is 25.9 Å². The van der Waals surface area contributed by atoms with Crippen LogP contribution in [0.25, 0.3) is 0 Å². The third kappa shape index (κ3) is 388. The fraction of sp³-hybridized carbons (Fsp3) is 1.00. The first kappa shape index (κ1) is 35.2. The highest BCUT2D eigenvalue weighted by atomic mass is 31.1. The molecule has 0 heterocycles. The Hall–Kier alpha value is -0.000000000000000153. The predicted octanol–water partition coefficient (Wildman–Crippen LogP) is -1.02. The lowest BCUT2D eigenvalue weighted by molar-refractivity contribution is 0.403. The van der Waals surface area contributed by atoms with E-state index >= 15 is 0 Å². The molecule has 0 fully saturated rings. The van der Waals surface area contributed by atoms with Crippen molar-refractivity contribution in [1.29, 1.82) is 0 Å². The molecule has 0 aliphatic rings. The second kappa shape index (κ2) is 34.4. The van der Waals surface area contributed by atoms with Crippen molar-refractivity contribution in [1.82, 2.24) is 0 Å². The fourth-order valence-electron chi connectivity index (χ4n) is 0.642. The van der Waals surface area contributed by atoms with E-state index in [1.54, 1.807) is 0 Å². The van der Waals surface area contributed by atoms with E-state index in [4.69, 9.17) is 68.9 Å². The fourth-order valence-corrected chi connectivity index (χ4v) is 0.642. The van der Waals surface area contributed by atoms with Gasteiger partial charge in [-0.15, -0.1) is 39.1 Å². The van der Waals surface area contributed by atoms with Crippen LogP contribution in [0.3, 0.4) is 0 Å². The molecule has 0 aliphatic carbocycles. The Bertz CT molecular complexity index is 250. The summed E-state index contributed by atoms with van der Waals surface area (Å²) in [6.45, 7) is 1.65. The molecule has 0 aromatic carbocycles. The average Bonchev–Trinajstić information content (AvgIpc) is 2.32. The molecule has 0 amide bonds. The highest BCUT2D eigenvalue weighted by molar-refractivity contribution is 7.31. The Morgan fingerprint density at radius 3 is 0.667 bits per heavy atom. The molecule has 0 spiro atoms. The predicted molar refractivity (Wildman–Crippen MR) is 84.8 cm³/mol. The first-order valence-electron chi connectivity index (χ1n) is 5.65. The standard InChI is InChI=1S/C6H16N2.4HO3P/c7-5-3-1-2-4-6-8;4*1-4(2)3/h1-8H2;4*(H-,1,2,3)/p+4. The average molecular weight is 440 g/mol. The zero-order valence-electron chi connectivity index (χ0n) is 12.4. The molecular weight excluding hydrogens is 416 g/mol. The molecule has 0 aliphatic heterocycles. The molecule has 0 saturated heterocycles. The Morgan fingerprint density at radius 1 is 0.458 bits per heavy atom. The van der Waals surface area contributed by atoms with E-state index in [-0.39, 0.29) is 0 Å². The van der Waals surface area contributed by atoms with Gasteiger partial charge in [-0.2, -0.15) is 0 Å². The monoisotopic (exact) mass is 440 g/mol. The highest BCUT2D eigenvalue weighted by Gasteiger charge is 1.94. The van der Waals surface area contributed by atoms with Crippen molar-refractivity contribution in [3.8, 4) is 0 Å². The summed E-state index contributed by atoms with van der Waals surface area (Å²) in [5, 5.41) is 0. The molecule has 18 heteroatoms. The summed E-state index contributed by atoms with van der Waals surface area (Å²) >= 11 is 0. The van der Waals surface area contributed by atoms with Crippen LogP contribution >= 0.6 is 33.0 Å². The summed E-state index contributed by atoms with van der Waals surface area (Å²) in [6.07, 6.45) is 4.79. The third-order valence-electron chi connectivity index (χ3n) is 1.16. The Labute approximate surface area is 141 Å². The lowest BCUT2D eigenvalue weighted by atomic mass is 10.2. The molecule has 24 heavy (non-hydrogen) atoms. The molecule has 0 rings (SSSR count). The van der Waals surface area contributed by atoms with E-state index in [9.17, 15) is 0 Å². The second-order valence-electron chi connectivity index (χ2n) is 3.00. The Balaban J connectivity index is -0.0000000657. The van der Waals surface area contributed by atoms with Crippen LogP contribution in [-0.4, -0.2) is 52.2 Å². The number of unbranched alkanes of at least 4 members (excludes halogenated alkanes) is 3. The van der Waals surface area contributed by atoms with Crippen LogP contribution in [0.1, 0.15) is 25.7 Å². The van der Waals surface area contributed by atoms with Crippen LogP contribution in [-0.2, 0) is 18.3 Å². The number of rotatable bonds is 5. The van der Waals surface area contributed by atoms with Crippen LogP contribution in [0.5, 0.6) is 0 Å². The first-order valence-corrected chi connectivity index (χ1v) is 10.3. The SMILES string of the molecule is NCCCCCCN.O=[P+](O)O.O=[P+](O)O.O=[P+](O)O.O=[P+](O)O. The van der Waals surface area contributed by atoms with Gasteiger partial charge in [-0.25, -0.2) is 0 Å². The van der Waals surface area contributed by atoms with Gasteiger partial charge in [0.2, 0.25) is 0 Å². The molecule has 146 valence electrons. The largest absolute Gasteiger partial charge is 0.692 e. The lowest BCUT2D eigenvalue weighted by Crippen LogP contribution is -2.00. The van der Waals surface area contributed by atoms with E-state index in [1.807, 2.05) is 0 Å². The number of hydrogen-bond acceptors (Lipinski definition) is 6. The van der Waals surface area contributed by atoms with Gasteiger partial charge in [0.25, 0.3) is 0 Å². The van der Waals surface area contributed by atoms with E-state index in [0.29, 0.717) is 0 Å². The van der Waals surface area contributed by atoms with Crippen molar-refractivity contribution in [2.24, 2.45) is 11.5 Å². The summed E-state index contributed by atoms with van der Waals surface area (Å²) < 4.78 is 34.8. The van der Waals surface area contributed by atoms with Gasteiger partial charge in [0, 0.05) is 18.3 Å². The molecule has 0 unspecified atom stereocenters. The Morgan fingerprint density at radius 2 is 0.583 bits per heavy atom. The number of hydrogen-bond donors (Lipinski definition) is 10. The maximum atomic E-state index is 8.70. The third-order valence-corrected chi connectivity index (χ3v) is 1.16.